The number of pyridine rings is 1. The van der Waals surface area contributed by atoms with Crippen molar-refractivity contribution in [3.63, 3.8) is 0 Å². The average Bonchev–Trinajstić information content (AvgIpc) is 2.83. The summed E-state index contributed by atoms with van der Waals surface area (Å²) in [6.07, 6.45) is 7.17. The van der Waals surface area contributed by atoms with Crippen LogP contribution in [0.5, 0.6) is 0 Å². The number of likely N-dealkylation sites (tertiary alicyclic amines) is 1. The van der Waals surface area contributed by atoms with Gasteiger partial charge in [0.2, 0.25) is 10.0 Å². The number of rotatable bonds is 7. The number of nitrogens with zero attached hydrogens (tertiary/aromatic N) is 2. The van der Waals surface area contributed by atoms with Gasteiger partial charge in [0.15, 0.2) is 0 Å². The molecule has 1 aliphatic rings. The lowest BCUT2D eigenvalue weighted by atomic mass is 9.95. The van der Waals surface area contributed by atoms with Gasteiger partial charge < -0.3 is 15.0 Å². The minimum Gasteiger partial charge on any atom is -0.444 e. The Morgan fingerprint density at radius 2 is 1.89 bits per heavy atom. The third kappa shape index (κ3) is 8.52. The van der Waals surface area contributed by atoms with Crippen molar-refractivity contribution in [1.29, 1.82) is 0 Å². The van der Waals surface area contributed by atoms with Gasteiger partial charge in [-0.15, -0.1) is 0 Å². The van der Waals surface area contributed by atoms with E-state index in [0.29, 0.717) is 30.5 Å². The molecule has 0 unspecified atom stereocenters. The first-order valence-corrected chi connectivity index (χ1v) is 13.7. The average molecular weight is 548 g/mol. The van der Waals surface area contributed by atoms with Crippen LogP contribution in [0.25, 0.3) is 0 Å². The van der Waals surface area contributed by atoms with Gasteiger partial charge in [-0.2, -0.15) is 0 Å². The van der Waals surface area contributed by atoms with Crippen molar-refractivity contribution in [2.24, 2.45) is 0 Å². The number of hydrogen-bond donors (Lipinski definition) is 3. The second kappa shape index (κ2) is 12.8. The standard InChI is InChI=1S/C26H37N5O6S/c1-8-11-20(38(35,36)27-7)15-17(2)21-12-9-10-13-31(21)24(33)23(32)29-19-14-18(3)22(28-16-19)30-25(34)37-26(4,5)6/h8,11,14-16,21,27H,2,9-10,12-13H2,1,3-7H3,(H,29,32)(H,28,30,34)/b11-8-,20-15+/t21-/m0/s1. The van der Waals surface area contributed by atoms with Gasteiger partial charge in [-0.1, -0.05) is 12.7 Å². The van der Waals surface area contributed by atoms with Crippen molar-refractivity contribution in [1.82, 2.24) is 14.6 Å². The van der Waals surface area contributed by atoms with Crippen molar-refractivity contribution in [2.75, 3.05) is 24.2 Å². The molecule has 11 nitrogen and oxygen atoms in total. The molecule has 12 heteroatoms. The molecule has 0 aliphatic carbocycles. The zero-order chi connectivity index (χ0) is 28.7. The SMILES string of the molecule is C=C(/C=C(\C=C/C)S(=O)(=O)NC)[C@@H]1CCCCN1C(=O)C(=O)Nc1cnc(NC(=O)OC(C)(C)C)c(C)c1. The molecule has 1 aliphatic heterocycles. The molecule has 3 N–H and O–H groups in total. The highest BCUT2D eigenvalue weighted by Gasteiger charge is 2.32. The maximum Gasteiger partial charge on any atom is 0.413 e. The van der Waals surface area contributed by atoms with Crippen LogP contribution in [0.4, 0.5) is 16.3 Å². The number of anilines is 2. The molecule has 0 bridgehead atoms. The summed E-state index contributed by atoms with van der Waals surface area (Å²) in [5.41, 5.74) is 0.568. The van der Waals surface area contributed by atoms with Crippen LogP contribution in [0.2, 0.25) is 0 Å². The highest BCUT2D eigenvalue weighted by molar-refractivity contribution is 7.93. The van der Waals surface area contributed by atoms with E-state index in [1.807, 2.05) is 0 Å². The van der Waals surface area contributed by atoms with Gasteiger partial charge in [0, 0.05) is 6.54 Å². The lowest BCUT2D eigenvalue weighted by Crippen LogP contribution is -2.49. The number of hydrogen-bond acceptors (Lipinski definition) is 7. The summed E-state index contributed by atoms with van der Waals surface area (Å²) in [6.45, 7) is 13.0. The lowest BCUT2D eigenvalue weighted by molar-refractivity contribution is -0.145. The summed E-state index contributed by atoms with van der Waals surface area (Å²) in [6, 6.07) is 1.04. The summed E-state index contributed by atoms with van der Waals surface area (Å²) < 4.78 is 32.2. The van der Waals surface area contributed by atoms with Gasteiger partial charge in [0.25, 0.3) is 0 Å². The number of aryl methyl sites for hydroxylation is 1. The van der Waals surface area contributed by atoms with E-state index in [0.717, 1.165) is 6.42 Å². The van der Waals surface area contributed by atoms with Gasteiger partial charge in [0.1, 0.15) is 11.4 Å². The number of nitrogens with one attached hydrogen (secondary N) is 3. The number of ether oxygens (including phenoxy) is 1. The molecule has 2 heterocycles. The van der Waals surface area contributed by atoms with Crippen molar-refractivity contribution in [2.45, 2.75) is 65.5 Å². The summed E-state index contributed by atoms with van der Waals surface area (Å²) >= 11 is 0. The molecular formula is C26H37N5O6S. The summed E-state index contributed by atoms with van der Waals surface area (Å²) in [4.78, 5) is 43.6. The normalized spacial score (nSPS) is 16.7. The van der Waals surface area contributed by atoms with Crippen LogP contribution in [0.1, 0.15) is 52.5 Å². The molecule has 38 heavy (non-hydrogen) atoms. The van der Waals surface area contributed by atoms with Crippen LogP contribution < -0.4 is 15.4 Å². The molecule has 0 saturated carbocycles. The predicted molar refractivity (Wildman–Crippen MR) is 147 cm³/mol. The first-order chi connectivity index (χ1) is 17.7. The van der Waals surface area contributed by atoms with Crippen molar-refractivity contribution in [3.8, 4) is 0 Å². The molecule has 2 rings (SSSR count). The molecule has 0 radical (unpaired) electrons. The number of allylic oxidation sites excluding steroid dienone is 2. The second-order valence-electron chi connectivity index (χ2n) is 9.81. The first kappa shape index (κ1) is 30.7. The van der Waals surface area contributed by atoms with E-state index in [-0.39, 0.29) is 16.4 Å². The van der Waals surface area contributed by atoms with Crippen LogP contribution in [0.15, 0.2) is 47.5 Å². The van der Waals surface area contributed by atoms with Crippen LogP contribution in [-0.2, 0) is 24.3 Å². The minimum atomic E-state index is -3.74. The van der Waals surface area contributed by atoms with E-state index in [1.165, 1.54) is 30.3 Å². The Labute approximate surface area is 224 Å². The van der Waals surface area contributed by atoms with E-state index in [4.69, 9.17) is 4.74 Å². The Morgan fingerprint density at radius 3 is 2.47 bits per heavy atom. The fourth-order valence-electron chi connectivity index (χ4n) is 3.83. The molecule has 0 aromatic carbocycles. The zero-order valence-corrected chi connectivity index (χ0v) is 23.6. The number of sulfonamides is 1. The Morgan fingerprint density at radius 1 is 1.21 bits per heavy atom. The zero-order valence-electron chi connectivity index (χ0n) is 22.8. The van der Waals surface area contributed by atoms with Gasteiger partial charge >= 0.3 is 17.9 Å². The van der Waals surface area contributed by atoms with E-state index in [1.54, 1.807) is 46.8 Å². The summed E-state index contributed by atoms with van der Waals surface area (Å²) in [5, 5.41) is 5.11. The van der Waals surface area contributed by atoms with Gasteiger partial charge in [-0.3, -0.25) is 14.9 Å². The molecule has 1 aromatic heterocycles. The third-order valence-electron chi connectivity index (χ3n) is 5.58. The second-order valence-corrected chi connectivity index (χ2v) is 11.7. The molecule has 1 saturated heterocycles. The van der Waals surface area contributed by atoms with E-state index in [9.17, 15) is 22.8 Å². The topological polar surface area (TPSA) is 147 Å². The van der Waals surface area contributed by atoms with Crippen LogP contribution >= 0.6 is 0 Å². The van der Waals surface area contributed by atoms with Crippen molar-refractivity contribution in [3.05, 3.63) is 53.1 Å². The Hall–Kier alpha value is -3.51. The number of piperidine rings is 1. The molecule has 1 atom stereocenters. The largest absolute Gasteiger partial charge is 0.444 e. The Kier molecular flexibility index (Phi) is 10.4. The molecule has 1 aromatic rings. The molecule has 1 fully saturated rings. The lowest BCUT2D eigenvalue weighted by Gasteiger charge is -2.36. The monoisotopic (exact) mass is 547 g/mol. The highest BCUT2D eigenvalue weighted by Crippen LogP contribution is 2.26. The van der Waals surface area contributed by atoms with Gasteiger partial charge in [-0.25, -0.2) is 22.9 Å². The minimum absolute atomic E-state index is 0.0107. The predicted octanol–water partition coefficient (Wildman–Crippen LogP) is 3.62. The maximum absolute atomic E-state index is 13.1. The van der Waals surface area contributed by atoms with Crippen molar-refractivity contribution < 1.29 is 27.5 Å². The Balaban J connectivity index is 2.17. The molecule has 0 spiro atoms. The first-order valence-electron chi connectivity index (χ1n) is 12.2. The highest BCUT2D eigenvalue weighted by atomic mass is 32.2. The van der Waals surface area contributed by atoms with E-state index in [2.05, 4.69) is 26.9 Å². The number of aromatic nitrogens is 1. The third-order valence-corrected chi connectivity index (χ3v) is 6.99. The smallest absolute Gasteiger partial charge is 0.413 e. The van der Waals surface area contributed by atoms with E-state index < -0.39 is 39.6 Å². The molecular weight excluding hydrogens is 510 g/mol. The van der Waals surface area contributed by atoms with Gasteiger partial charge in [-0.05, 0) is 90.3 Å². The van der Waals surface area contributed by atoms with E-state index >= 15 is 0 Å². The van der Waals surface area contributed by atoms with Gasteiger partial charge in [0.05, 0.1) is 22.8 Å². The maximum atomic E-state index is 13.1. The van der Waals surface area contributed by atoms with Crippen LogP contribution in [0.3, 0.4) is 0 Å². The quantitative estimate of drug-likeness (QED) is 0.349. The Bertz CT molecular complexity index is 1250. The summed E-state index contributed by atoms with van der Waals surface area (Å²) in [5.74, 6) is -1.36. The number of amides is 3. The fraction of sp³-hybridized carbons (Fsp3) is 0.462. The van der Waals surface area contributed by atoms with Crippen LogP contribution in [-0.4, -0.2) is 61.4 Å². The van der Waals surface area contributed by atoms with Crippen LogP contribution in [0, 0.1) is 6.92 Å². The summed E-state index contributed by atoms with van der Waals surface area (Å²) in [7, 11) is -2.42. The fourth-order valence-corrected chi connectivity index (χ4v) is 4.68. The number of carbonyl (C=O) groups excluding carboxylic acids is 3. The molecule has 3 amide bonds. The molecule has 208 valence electrons. The number of carbonyl (C=O) groups is 3. The van der Waals surface area contributed by atoms with Crippen molar-refractivity contribution >= 4 is 39.4 Å².